The maximum Gasteiger partial charge on any atom is 0.257 e. The van der Waals surface area contributed by atoms with Crippen LogP contribution in [0.1, 0.15) is 59.5 Å². The molecular formula is C16H17BrClN5O. The second kappa shape index (κ2) is 6.44. The molecule has 24 heavy (non-hydrogen) atoms. The molecule has 1 saturated carbocycles. The van der Waals surface area contributed by atoms with Crippen LogP contribution in [0.25, 0.3) is 0 Å². The Hall–Kier alpha value is -1.47. The molecule has 1 amide bonds. The molecule has 1 saturated heterocycles. The van der Waals surface area contributed by atoms with E-state index in [0.29, 0.717) is 30.5 Å². The van der Waals surface area contributed by atoms with E-state index in [1.54, 1.807) is 12.3 Å². The van der Waals surface area contributed by atoms with Crippen LogP contribution in [0, 0.1) is 0 Å². The van der Waals surface area contributed by atoms with Crippen LogP contribution < -0.4 is 0 Å². The van der Waals surface area contributed by atoms with Crippen molar-refractivity contribution in [1.82, 2.24) is 25.1 Å². The van der Waals surface area contributed by atoms with E-state index in [0.717, 1.165) is 29.0 Å². The molecule has 1 aliphatic heterocycles. The smallest absolute Gasteiger partial charge is 0.257 e. The van der Waals surface area contributed by atoms with Gasteiger partial charge in [0.2, 0.25) is 0 Å². The van der Waals surface area contributed by atoms with Gasteiger partial charge in [0.05, 0.1) is 5.56 Å². The first-order valence-electron chi connectivity index (χ1n) is 8.14. The minimum atomic E-state index is -0.0662. The number of nitrogens with one attached hydrogen (secondary N) is 1. The number of H-pyrrole nitrogens is 1. The third-order valence-electron chi connectivity index (χ3n) is 4.67. The zero-order valence-corrected chi connectivity index (χ0v) is 15.3. The molecular weight excluding hydrogens is 394 g/mol. The maximum atomic E-state index is 12.7. The summed E-state index contributed by atoms with van der Waals surface area (Å²) in [6, 6.07) is 1.72. The molecule has 2 aromatic rings. The summed E-state index contributed by atoms with van der Waals surface area (Å²) in [5.74, 6) is 2.75. The molecule has 4 rings (SSSR count). The molecule has 8 heteroatoms. The molecule has 1 aliphatic carbocycles. The van der Waals surface area contributed by atoms with Crippen molar-refractivity contribution in [3.63, 3.8) is 0 Å². The van der Waals surface area contributed by atoms with Crippen molar-refractivity contribution in [2.75, 3.05) is 13.1 Å². The van der Waals surface area contributed by atoms with Crippen molar-refractivity contribution >= 4 is 33.4 Å². The number of pyridine rings is 1. The van der Waals surface area contributed by atoms with Crippen molar-refractivity contribution in [2.24, 2.45) is 0 Å². The number of hydrogen-bond donors (Lipinski definition) is 1. The Morgan fingerprint density at radius 2 is 2.00 bits per heavy atom. The van der Waals surface area contributed by atoms with Crippen LogP contribution in [0.3, 0.4) is 0 Å². The lowest BCUT2D eigenvalue weighted by molar-refractivity contribution is 0.0711. The monoisotopic (exact) mass is 409 g/mol. The second-order valence-electron chi connectivity index (χ2n) is 6.41. The van der Waals surface area contributed by atoms with Crippen molar-refractivity contribution in [1.29, 1.82) is 0 Å². The summed E-state index contributed by atoms with van der Waals surface area (Å²) in [5.41, 5.74) is 0.445. The van der Waals surface area contributed by atoms with E-state index in [4.69, 9.17) is 11.6 Å². The highest BCUT2D eigenvalue weighted by atomic mass is 79.9. The van der Waals surface area contributed by atoms with Crippen LogP contribution in [0.2, 0.25) is 5.15 Å². The van der Waals surface area contributed by atoms with Crippen molar-refractivity contribution in [3.05, 3.63) is 39.1 Å². The fourth-order valence-corrected chi connectivity index (χ4v) is 3.61. The minimum Gasteiger partial charge on any atom is -0.339 e. The Balaban J connectivity index is 1.41. The van der Waals surface area contributed by atoms with E-state index in [2.05, 4.69) is 36.1 Å². The van der Waals surface area contributed by atoms with Gasteiger partial charge in [-0.15, -0.1) is 0 Å². The predicted molar refractivity (Wildman–Crippen MR) is 93.2 cm³/mol. The summed E-state index contributed by atoms with van der Waals surface area (Å²) in [6.07, 6.45) is 5.75. The predicted octanol–water partition coefficient (Wildman–Crippen LogP) is 3.51. The van der Waals surface area contributed by atoms with E-state index >= 15 is 0 Å². The Kier molecular flexibility index (Phi) is 4.30. The van der Waals surface area contributed by atoms with Crippen LogP contribution in [-0.4, -0.2) is 44.1 Å². The van der Waals surface area contributed by atoms with E-state index in [1.807, 2.05) is 4.90 Å². The van der Waals surface area contributed by atoms with Crippen LogP contribution >= 0.6 is 27.5 Å². The third kappa shape index (κ3) is 3.19. The van der Waals surface area contributed by atoms with Gasteiger partial charge < -0.3 is 4.90 Å². The van der Waals surface area contributed by atoms with Gasteiger partial charge in [0.25, 0.3) is 5.91 Å². The van der Waals surface area contributed by atoms with E-state index in [1.165, 1.54) is 12.8 Å². The number of piperidine rings is 1. The average Bonchev–Trinajstić information content (AvgIpc) is 3.34. The zero-order valence-electron chi connectivity index (χ0n) is 13.0. The fraction of sp³-hybridized carbons (Fsp3) is 0.500. The summed E-state index contributed by atoms with van der Waals surface area (Å²) in [7, 11) is 0. The second-order valence-corrected chi connectivity index (χ2v) is 7.69. The molecule has 0 spiro atoms. The SMILES string of the molecule is O=C(c1cc(Br)cnc1Cl)N1CCC(c2nc(C3CC3)n[nH]2)CC1. The van der Waals surface area contributed by atoms with Gasteiger partial charge in [0.1, 0.15) is 11.0 Å². The minimum absolute atomic E-state index is 0.0662. The quantitative estimate of drug-likeness (QED) is 0.786. The van der Waals surface area contributed by atoms with Gasteiger partial charge in [-0.05, 0) is 47.7 Å². The van der Waals surface area contributed by atoms with E-state index in [-0.39, 0.29) is 11.1 Å². The lowest BCUT2D eigenvalue weighted by atomic mass is 9.96. The molecule has 3 heterocycles. The Labute approximate surface area is 153 Å². The highest BCUT2D eigenvalue weighted by Crippen LogP contribution is 2.38. The summed E-state index contributed by atoms with van der Waals surface area (Å²) in [5, 5.41) is 7.66. The summed E-state index contributed by atoms with van der Waals surface area (Å²) in [6.45, 7) is 1.37. The van der Waals surface area contributed by atoms with Gasteiger partial charge in [-0.1, -0.05) is 11.6 Å². The van der Waals surface area contributed by atoms with Gasteiger partial charge in [0.15, 0.2) is 5.82 Å². The fourth-order valence-electron chi connectivity index (χ4n) is 3.09. The van der Waals surface area contributed by atoms with Gasteiger partial charge in [-0.2, -0.15) is 5.10 Å². The topological polar surface area (TPSA) is 74.8 Å². The highest BCUT2D eigenvalue weighted by molar-refractivity contribution is 9.10. The molecule has 1 N–H and O–H groups in total. The van der Waals surface area contributed by atoms with Crippen LogP contribution in [0.15, 0.2) is 16.7 Å². The number of likely N-dealkylation sites (tertiary alicyclic amines) is 1. The van der Waals surface area contributed by atoms with Crippen LogP contribution in [0.5, 0.6) is 0 Å². The number of amides is 1. The largest absolute Gasteiger partial charge is 0.339 e. The number of aromatic amines is 1. The molecule has 0 aromatic carbocycles. The normalized spacial score (nSPS) is 18.8. The van der Waals surface area contributed by atoms with Crippen molar-refractivity contribution in [2.45, 2.75) is 37.5 Å². The first-order chi connectivity index (χ1) is 11.6. The summed E-state index contributed by atoms with van der Waals surface area (Å²) in [4.78, 5) is 23.2. The average molecular weight is 411 g/mol. The molecule has 2 fully saturated rings. The number of aromatic nitrogens is 4. The third-order valence-corrected chi connectivity index (χ3v) is 5.40. The number of halogens is 2. The lowest BCUT2D eigenvalue weighted by Crippen LogP contribution is -2.38. The lowest BCUT2D eigenvalue weighted by Gasteiger charge is -2.31. The summed E-state index contributed by atoms with van der Waals surface area (Å²) < 4.78 is 0.749. The number of nitrogens with zero attached hydrogens (tertiary/aromatic N) is 4. The Bertz CT molecular complexity index is 768. The molecule has 0 radical (unpaired) electrons. The van der Waals surface area contributed by atoms with Crippen molar-refractivity contribution in [3.8, 4) is 0 Å². The number of carbonyl (C=O) groups is 1. The highest BCUT2D eigenvalue weighted by Gasteiger charge is 2.31. The number of rotatable bonds is 3. The first kappa shape index (κ1) is 16.0. The molecule has 0 bridgehead atoms. The maximum absolute atomic E-state index is 12.7. The van der Waals surface area contributed by atoms with Crippen LogP contribution in [0.4, 0.5) is 0 Å². The molecule has 0 unspecified atom stereocenters. The molecule has 0 atom stereocenters. The van der Waals surface area contributed by atoms with Crippen LogP contribution in [-0.2, 0) is 0 Å². The number of hydrogen-bond acceptors (Lipinski definition) is 4. The zero-order chi connectivity index (χ0) is 16.7. The van der Waals surface area contributed by atoms with Gasteiger partial charge >= 0.3 is 0 Å². The summed E-state index contributed by atoms with van der Waals surface area (Å²) >= 11 is 9.41. The van der Waals surface area contributed by atoms with Crippen molar-refractivity contribution < 1.29 is 4.79 Å². The molecule has 126 valence electrons. The number of carbonyl (C=O) groups excluding carboxylic acids is 1. The van der Waals surface area contributed by atoms with Gasteiger partial charge in [-0.25, -0.2) is 9.97 Å². The van der Waals surface area contributed by atoms with Gasteiger partial charge in [-0.3, -0.25) is 9.89 Å². The standard InChI is InChI=1S/C16H17BrClN5O/c17-11-7-12(13(18)19-8-11)16(24)23-5-3-10(4-6-23)15-20-14(21-22-15)9-1-2-9/h7-10H,1-6H2,(H,20,21,22). The Morgan fingerprint density at radius 1 is 1.25 bits per heavy atom. The van der Waals surface area contributed by atoms with E-state index < -0.39 is 0 Å². The molecule has 2 aliphatic rings. The van der Waals surface area contributed by atoms with Gasteiger partial charge in [0, 0.05) is 35.6 Å². The first-order valence-corrected chi connectivity index (χ1v) is 9.31. The molecule has 2 aromatic heterocycles. The molecule has 6 nitrogen and oxygen atoms in total. The Morgan fingerprint density at radius 3 is 2.71 bits per heavy atom. The van der Waals surface area contributed by atoms with E-state index in [9.17, 15) is 4.79 Å².